The van der Waals surface area contributed by atoms with Crippen molar-refractivity contribution in [1.82, 2.24) is 0 Å². The molecule has 0 bridgehead atoms. The topological polar surface area (TPSA) is 0 Å². The van der Waals surface area contributed by atoms with E-state index in [2.05, 4.69) is 6.58 Å². The first-order valence-corrected chi connectivity index (χ1v) is 3.61. The van der Waals surface area contributed by atoms with Gasteiger partial charge in [-0.1, -0.05) is 25.5 Å². The van der Waals surface area contributed by atoms with Crippen molar-refractivity contribution in [2.45, 2.75) is 32.9 Å². The van der Waals surface area contributed by atoms with Gasteiger partial charge in [0.05, 0.1) is 5.92 Å². The molecule has 0 aromatic carbocycles. The molecule has 0 nitrogen and oxygen atoms in total. The fraction of sp³-hybridized carbons (Fsp3) is 0.750. The van der Waals surface area contributed by atoms with Crippen molar-refractivity contribution < 1.29 is 13.2 Å². The molecule has 0 aliphatic heterocycles. The molecule has 0 saturated carbocycles. The second-order valence-corrected chi connectivity index (χ2v) is 2.73. The van der Waals surface area contributed by atoms with E-state index in [4.69, 9.17) is 0 Å². The van der Waals surface area contributed by atoms with E-state index in [1.165, 1.54) is 6.92 Å². The summed E-state index contributed by atoms with van der Waals surface area (Å²) in [5.41, 5.74) is 0.208. The van der Waals surface area contributed by atoms with Crippen molar-refractivity contribution in [3.8, 4) is 0 Å². The van der Waals surface area contributed by atoms with Crippen LogP contribution in [-0.2, 0) is 0 Å². The zero-order valence-electron chi connectivity index (χ0n) is 6.83. The Labute approximate surface area is 65.1 Å². The number of allylic oxidation sites excluding steroid dienone is 1. The summed E-state index contributed by atoms with van der Waals surface area (Å²) >= 11 is 0. The van der Waals surface area contributed by atoms with E-state index in [1.54, 1.807) is 6.92 Å². The molecule has 0 aromatic heterocycles. The first kappa shape index (κ1) is 10.5. The lowest BCUT2D eigenvalue weighted by Crippen LogP contribution is -2.23. The first-order valence-electron chi connectivity index (χ1n) is 3.61. The molecule has 0 aliphatic rings. The summed E-state index contributed by atoms with van der Waals surface area (Å²) < 4.78 is 36.3. The van der Waals surface area contributed by atoms with Gasteiger partial charge in [-0.15, -0.1) is 0 Å². The van der Waals surface area contributed by atoms with Gasteiger partial charge in [-0.25, -0.2) is 0 Å². The van der Waals surface area contributed by atoms with Crippen molar-refractivity contribution in [3.05, 3.63) is 12.2 Å². The second kappa shape index (κ2) is 3.79. The Hall–Kier alpha value is -0.470. The molecule has 66 valence electrons. The van der Waals surface area contributed by atoms with Gasteiger partial charge < -0.3 is 0 Å². The number of halogens is 3. The third-order valence-corrected chi connectivity index (χ3v) is 1.57. The maximum atomic E-state index is 12.1. The molecule has 0 rings (SSSR count). The average molecular weight is 166 g/mol. The maximum absolute atomic E-state index is 12.1. The molecule has 3 heteroatoms. The quantitative estimate of drug-likeness (QED) is 0.562. The van der Waals surface area contributed by atoms with Gasteiger partial charge in [0.15, 0.2) is 0 Å². The van der Waals surface area contributed by atoms with Crippen LogP contribution in [0.5, 0.6) is 0 Å². The van der Waals surface area contributed by atoms with Gasteiger partial charge in [0.25, 0.3) is 0 Å². The van der Waals surface area contributed by atoms with Crippen LogP contribution < -0.4 is 0 Å². The number of rotatable bonds is 3. The molecule has 0 radical (unpaired) electrons. The van der Waals surface area contributed by atoms with Gasteiger partial charge in [0.2, 0.25) is 0 Å². The summed E-state index contributed by atoms with van der Waals surface area (Å²) in [6.45, 7) is 6.48. The molecular weight excluding hydrogens is 153 g/mol. The minimum absolute atomic E-state index is 0.152. The van der Waals surface area contributed by atoms with E-state index in [0.717, 1.165) is 0 Å². The molecule has 0 amide bonds. The Kier molecular flexibility index (Phi) is 3.63. The summed E-state index contributed by atoms with van der Waals surface area (Å²) in [5.74, 6) is -1.31. The van der Waals surface area contributed by atoms with E-state index in [9.17, 15) is 13.2 Å². The van der Waals surface area contributed by atoms with E-state index < -0.39 is 12.1 Å². The number of hydrogen-bond donors (Lipinski definition) is 0. The van der Waals surface area contributed by atoms with Crippen molar-refractivity contribution in [3.63, 3.8) is 0 Å². The lowest BCUT2D eigenvalue weighted by molar-refractivity contribution is -0.165. The predicted octanol–water partition coefficient (Wildman–Crippen LogP) is 3.54. The van der Waals surface area contributed by atoms with Gasteiger partial charge >= 0.3 is 6.18 Å². The van der Waals surface area contributed by atoms with Crippen LogP contribution in [0.3, 0.4) is 0 Å². The highest BCUT2D eigenvalue weighted by Crippen LogP contribution is 2.34. The molecule has 0 fully saturated rings. The molecule has 0 N–H and O–H groups in total. The van der Waals surface area contributed by atoms with E-state index in [0.29, 0.717) is 6.42 Å². The van der Waals surface area contributed by atoms with Crippen molar-refractivity contribution in [1.29, 1.82) is 0 Å². The second-order valence-electron chi connectivity index (χ2n) is 2.73. The Morgan fingerprint density at radius 2 is 1.91 bits per heavy atom. The van der Waals surface area contributed by atoms with Crippen LogP contribution in [0.2, 0.25) is 0 Å². The molecule has 0 aliphatic carbocycles. The standard InChI is InChI=1S/C8H13F3/c1-4-5-7(6(2)3)8(9,10)11/h7H,2,4-5H2,1,3H3. The molecule has 0 heterocycles. The van der Waals surface area contributed by atoms with Crippen LogP contribution in [0.4, 0.5) is 13.2 Å². The Morgan fingerprint density at radius 3 is 2.00 bits per heavy atom. The van der Waals surface area contributed by atoms with Crippen LogP contribution >= 0.6 is 0 Å². The summed E-state index contributed by atoms with van der Waals surface area (Å²) in [6, 6.07) is 0. The average Bonchev–Trinajstić information content (AvgIpc) is 1.79. The minimum Gasteiger partial charge on any atom is -0.170 e. The maximum Gasteiger partial charge on any atom is 0.395 e. The summed E-state index contributed by atoms with van der Waals surface area (Å²) in [4.78, 5) is 0. The van der Waals surface area contributed by atoms with Gasteiger partial charge in [0.1, 0.15) is 0 Å². The summed E-state index contributed by atoms with van der Waals surface area (Å²) in [6.07, 6.45) is -3.42. The number of hydrogen-bond acceptors (Lipinski definition) is 0. The van der Waals surface area contributed by atoms with E-state index in [1.807, 2.05) is 0 Å². The van der Waals surface area contributed by atoms with Crippen LogP contribution in [0, 0.1) is 5.92 Å². The monoisotopic (exact) mass is 166 g/mol. The van der Waals surface area contributed by atoms with Crippen LogP contribution in [-0.4, -0.2) is 6.18 Å². The molecule has 0 saturated heterocycles. The van der Waals surface area contributed by atoms with Crippen LogP contribution in [0.1, 0.15) is 26.7 Å². The third-order valence-electron chi connectivity index (χ3n) is 1.57. The molecule has 0 aromatic rings. The van der Waals surface area contributed by atoms with Crippen molar-refractivity contribution in [2.24, 2.45) is 5.92 Å². The SMILES string of the molecule is C=C(C)C(CCC)C(F)(F)F. The lowest BCUT2D eigenvalue weighted by Gasteiger charge is -2.19. The van der Waals surface area contributed by atoms with Crippen LogP contribution in [0.25, 0.3) is 0 Å². The zero-order chi connectivity index (χ0) is 9.07. The predicted molar refractivity (Wildman–Crippen MR) is 39.3 cm³/mol. The highest BCUT2D eigenvalue weighted by Gasteiger charge is 2.38. The fourth-order valence-electron chi connectivity index (χ4n) is 0.978. The number of alkyl halides is 3. The van der Waals surface area contributed by atoms with Crippen molar-refractivity contribution in [2.75, 3.05) is 0 Å². The van der Waals surface area contributed by atoms with Crippen LogP contribution in [0.15, 0.2) is 12.2 Å². The Balaban J connectivity index is 4.22. The highest BCUT2D eigenvalue weighted by atomic mass is 19.4. The molecule has 1 unspecified atom stereocenters. The van der Waals surface area contributed by atoms with Gasteiger partial charge in [-0.2, -0.15) is 13.2 Å². The van der Waals surface area contributed by atoms with Crippen molar-refractivity contribution >= 4 is 0 Å². The Morgan fingerprint density at radius 1 is 1.45 bits per heavy atom. The van der Waals surface area contributed by atoms with Gasteiger partial charge in [-0.05, 0) is 13.3 Å². The fourth-order valence-corrected chi connectivity index (χ4v) is 0.978. The zero-order valence-corrected chi connectivity index (χ0v) is 6.83. The van der Waals surface area contributed by atoms with Gasteiger partial charge in [0, 0.05) is 0 Å². The normalized spacial score (nSPS) is 14.6. The molecule has 1 atom stereocenters. The summed E-state index contributed by atoms with van der Waals surface area (Å²) in [5, 5.41) is 0. The van der Waals surface area contributed by atoms with Gasteiger partial charge in [-0.3, -0.25) is 0 Å². The minimum atomic E-state index is -4.11. The smallest absolute Gasteiger partial charge is 0.170 e. The Bertz CT molecular complexity index is 135. The third kappa shape index (κ3) is 3.44. The molecule has 0 spiro atoms. The first-order chi connectivity index (χ1) is 4.89. The van der Waals surface area contributed by atoms with E-state index >= 15 is 0 Å². The lowest BCUT2D eigenvalue weighted by atomic mass is 9.96. The van der Waals surface area contributed by atoms with E-state index in [-0.39, 0.29) is 12.0 Å². The summed E-state index contributed by atoms with van der Waals surface area (Å²) in [7, 11) is 0. The molecule has 11 heavy (non-hydrogen) atoms. The highest BCUT2D eigenvalue weighted by molar-refractivity contribution is 4.99. The largest absolute Gasteiger partial charge is 0.395 e. The molecular formula is C8H13F3.